The molecule has 0 spiro atoms. The van der Waals surface area contributed by atoms with Crippen LogP contribution in [0.25, 0.3) is 0 Å². The van der Waals surface area contributed by atoms with Crippen LogP contribution in [0.5, 0.6) is 0 Å². The smallest absolute Gasteiger partial charge is 0.220 e. The first-order valence-corrected chi connectivity index (χ1v) is 4.06. The van der Waals surface area contributed by atoms with Crippen LogP contribution in [0.3, 0.4) is 0 Å². The zero-order valence-electron chi connectivity index (χ0n) is 6.16. The minimum absolute atomic E-state index is 1.51. The predicted molar refractivity (Wildman–Crippen MR) is 27.1 cm³/mol. The maximum atomic E-state index is 11.9. The lowest BCUT2D eigenvalue weighted by Gasteiger charge is -2.23. The number of halogens is 8. The monoisotopic (exact) mass is 268 g/mol. The van der Waals surface area contributed by atoms with Crippen molar-refractivity contribution in [2.75, 3.05) is 0 Å². The summed E-state index contributed by atoms with van der Waals surface area (Å²) in [6.07, 6.45) is -12.8. The Morgan fingerprint density at radius 2 is 1.20 bits per heavy atom. The van der Waals surface area contributed by atoms with E-state index in [1.807, 2.05) is 0 Å². The van der Waals surface area contributed by atoms with Gasteiger partial charge in [-0.3, -0.25) is 0 Å². The molecule has 0 aliphatic heterocycles. The van der Waals surface area contributed by atoms with Crippen molar-refractivity contribution in [1.29, 1.82) is 0 Å². The summed E-state index contributed by atoms with van der Waals surface area (Å²) in [6, 6.07) is 0. The fourth-order valence-corrected chi connectivity index (χ4v) is 0.672. The summed E-state index contributed by atoms with van der Waals surface area (Å²) in [5.74, 6) is 0. The fraction of sp³-hybridized carbons (Fsp3) is 1.00. The lowest BCUT2D eigenvalue weighted by Crippen LogP contribution is -2.49. The normalized spacial score (nSPS) is 15.5. The minimum atomic E-state index is -7.24. The Balaban J connectivity index is 5.21. The van der Waals surface area contributed by atoms with Gasteiger partial charge in [-0.15, -0.1) is 13.2 Å². The number of hydrogen-bond donors (Lipinski definition) is 0. The third kappa shape index (κ3) is 3.15. The van der Waals surface area contributed by atoms with Crippen molar-refractivity contribution < 1.29 is 47.8 Å². The molecule has 15 heavy (non-hydrogen) atoms. The Bertz CT molecular complexity index is 328. The van der Waals surface area contributed by atoms with E-state index in [4.69, 9.17) is 0 Å². The predicted octanol–water partition coefficient (Wildman–Crippen LogP) is 2.01. The summed E-state index contributed by atoms with van der Waals surface area (Å²) in [5, 5.41) is -6.63. The van der Waals surface area contributed by atoms with E-state index in [-0.39, 0.29) is 0 Å². The highest BCUT2D eigenvalue weighted by Crippen LogP contribution is 2.43. The average molecular weight is 268 g/mol. The molecule has 0 aromatic heterocycles. The van der Waals surface area contributed by atoms with Crippen LogP contribution in [0.4, 0.5) is 34.6 Å². The van der Waals surface area contributed by atoms with E-state index >= 15 is 0 Å². The zero-order chi connectivity index (χ0) is 12.7. The van der Waals surface area contributed by atoms with Crippen molar-refractivity contribution in [3.8, 4) is 0 Å². The molecule has 0 unspecified atom stereocenters. The molecule has 0 aliphatic rings. The summed E-state index contributed by atoms with van der Waals surface area (Å²) in [4.78, 5) is 0. The van der Waals surface area contributed by atoms with Gasteiger partial charge in [-0.2, -0.15) is 26.0 Å². The first-order chi connectivity index (χ1) is 6.21. The minimum Gasteiger partial charge on any atom is -0.220 e. The van der Waals surface area contributed by atoms with Gasteiger partial charge in [0, 0.05) is 0 Å². The van der Waals surface area contributed by atoms with Gasteiger partial charge in [0.05, 0.1) is 0 Å². The van der Waals surface area contributed by atoms with Gasteiger partial charge >= 0.3 is 27.9 Å². The molecule has 0 saturated carbocycles. The van der Waals surface area contributed by atoms with Crippen LogP contribution < -0.4 is 0 Å². The van der Waals surface area contributed by atoms with E-state index in [1.165, 1.54) is 4.74 Å². The molecule has 0 bridgehead atoms. The van der Waals surface area contributed by atoms with Gasteiger partial charge in [0.15, 0.2) is 0 Å². The van der Waals surface area contributed by atoms with Crippen molar-refractivity contribution in [3.63, 3.8) is 0 Å². The molecule has 92 valence electrons. The molecule has 0 aliphatic carbocycles. The SMILES string of the molecule is O=S(=O)(F)C(F)(F)C(F)(F)OC(F)(F)F. The van der Waals surface area contributed by atoms with Crippen LogP contribution in [-0.2, 0) is 15.0 Å². The van der Waals surface area contributed by atoms with Crippen LogP contribution in [0.15, 0.2) is 0 Å². The number of hydrogen-bond acceptors (Lipinski definition) is 3. The zero-order valence-corrected chi connectivity index (χ0v) is 6.97. The molecule has 0 heterocycles. The van der Waals surface area contributed by atoms with E-state index in [2.05, 4.69) is 0 Å². The highest BCUT2D eigenvalue weighted by molar-refractivity contribution is 7.87. The molecule has 0 radical (unpaired) electrons. The van der Waals surface area contributed by atoms with Gasteiger partial charge in [-0.1, -0.05) is 3.89 Å². The van der Waals surface area contributed by atoms with E-state index in [1.54, 1.807) is 0 Å². The summed E-state index contributed by atoms with van der Waals surface area (Å²) in [5.41, 5.74) is 0. The van der Waals surface area contributed by atoms with Crippen LogP contribution in [0, 0.1) is 0 Å². The van der Waals surface area contributed by atoms with E-state index in [9.17, 15) is 43.0 Å². The second-order valence-electron chi connectivity index (χ2n) is 2.02. The molecule has 0 saturated heterocycles. The molecule has 12 heteroatoms. The van der Waals surface area contributed by atoms with Crippen molar-refractivity contribution >= 4 is 10.2 Å². The van der Waals surface area contributed by atoms with Crippen molar-refractivity contribution in [2.24, 2.45) is 0 Å². The molecular weight excluding hydrogens is 268 g/mol. The first-order valence-electron chi connectivity index (χ1n) is 2.67. The van der Waals surface area contributed by atoms with Crippen molar-refractivity contribution in [2.45, 2.75) is 17.7 Å². The molecule has 3 nitrogen and oxygen atoms in total. The average Bonchev–Trinajstić information content (AvgIpc) is 1.77. The summed E-state index contributed by atoms with van der Waals surface area (Å²) in [7, 11) is -7.24. The molecule has 0 rings (SSSR count). The van der Waals surface area contributed by atoms with E-state index in [0.717, 1.165) is 0 Å². The number of rotatable bonds is 3. The van der Waals surface area contributed by atoms with E-state index in [0.29, 0.717) is 0 Å². The standard InChI is InChI=1S/C3F8O3S/c4-1(5,14-3(8,9)10)2(6,7)15(11,12)13. The number of alkyl halides is 7. The maximum absolute atomic E-state index is 11.9. The van der Waals surface area contributed by atoms with Crippen molar-refractivity contribution in [1.82, 2.24) is 0 Å². The third-order valence-electron chi connectivity index (χ3n) is 0.889. The molecule has 0 fully saturated rings. The highest BCUT2D eigenvalue weighted by atomic mass is 32.3. The molecule has 0 aromatic carbocycles. The highest BCUT2D eigenvalue weighted by Gasteiger charge is 2.71. The lowest BCUT2D eigenvalue weighted by atomic mass is 10.6. The topological polar surface area (TPSA) is 43.4 Å². The van der Waals surface area contributed by atoms with Gasteiger partial charge in [0.25, 0.3) is 0 Å². The molecule has 0 N–H and O–H groups in total. The Morgan fingerprint density at radius 1 is 0.867 bits per heavy atom. The van der Waals surface area contributed by atoms with Crippen molar-refractivity contribution in [3.05, 3.63) is 0 Å². The summed E-state index contributed by atoms with van der Waals surface area (Å²) < 4.78 is 113. The van der Waals surface area contributed by atoms with Gasteiger partial charge in [-0.05, 0) is 0 Å². The summed E-state index contributed by atoms with van der Waals surface area (Å²) in [6.45, 7) is 0. The van der Waals surface area contributed by atoms with Crippen LogP contribution in [0.1, 0.15) is 0 Å². The van der Waals surface area contributed by atoms with Crippen LogP contribution in [0.2, 0.25) is 0 Å². The largest absolute Gasteiger partial charge is 0.527 e. The molecule has 0 atom stereocenters. The maximum Gasteiger partial charge on any atom is 0.527 e. The fourth-order valence-electron chi connectivity index (χ4n) is 0.347. The summed E-state index contributed by atoms with van der Waals surface area (Å²) >= 11 is 0. The second-order valence-corrected chi connectivity index (χ2v) is 3.41. The number of ether oxygens (including phenoxy) is 1. The Morgan fingerprint density at radius 3 is 1.40 bits per heavy atom. The Kier molecular flexibility index (Phi) is 3.29. The molecule has 0 amide bonds. The van der Waals surface area contributed by atoms with E-state index < -0.39 is 27.9 Å². The molecular formula is C3F8O3S. The lowest BCUT2D eigenvalue weighted by molar-refractivity contribution is -0.453. The van der Waals surface area contributed by atoms with Crippen LogP contribution in [-0.4, -0.2) is 26.1 Å². The quantitative estimate of drug-likeness (QED) is 0.581. The van der Waals surface area contributed by atoms with Gasteiger partial charge < -0.3 is 0 Å². The van der Waals surface area contributed by atoms with Gasteiger partial charge in [0.2, 0.25) is 0 Å². The second kappa shape index (κ2) is 3.43. The first kappa shape index (κ1) is 14.3. The molecule has 0 aromatic rings. The third-order valence-corrected chi connectivity index (χ3v) is 1.74. The van der Waals surface area contributed by atoms with Crippen LogP contribution >= 0.6 is 0 Å². The Hall–Kier alpha value is -0.650. The van der Waals surface area contributed by atoms with Gasteiger partial charge in [-0.25, -0.2) is 4.74 Å². The Labute approximate surface area is 76.8 Å². The van der Waals surface area contributed by atoms with Gasteiger partial charge in [0.1, 0.15) is 0 Å².